The predicted octanol–water partition coefficient (Wildman–Crippen LogP) is 1.46. The number of rotatable bonds is 5. The topological polar surface area (TPSA) is 58.7 Å². The molecule has 0 aliphatic rings. The molecule has 0 spiro atoms. The van der Waals surface area contributed by atoms with Gasteiger partial charge in [-0.1, -0.05) is 0 Å². The first-order valence-electron chi connectivity index (χ1n) is 5.08. The number of hydrogen-bond donors (Lipinski definition) is 2. The van der Waals surface area contributed by atoms with Crippen LogP contribution in [-0.2, 0) is 4.74 Å². The number of methoxy groups -OCH3 is 1. The van der Waals surface area contributed by atoms with Crippen LogP contribution in [-0.4, -0.2) is 38.5 Å². The highest BCUT2D eigenvalue weighted by atomic mass is 127. The number of nitrogen functional groups attached to an aromatic ring is 1. The van der Waals surface area contributed by atoms with Gasteiger partial charge in [-0.05, 0) is 28.7 Å². The normalized spacial score (nSPS) is 12.5. The van der Waals surface area contributed by atoms with Gasteiger partial charge < -0.3 is 20.5 Å². The molecular weight excluding hydrogens is 338 g/mol. The van der Waals surface area contributed by atoms with Crippen LogP contribution in [0.2, 0.25) is 0 Å². The van der Waals surface area contributed by atoms with Gasteiger partial charge in [-0.3, -0.25) is 0 Å². The van der Waals surface area contributed by atoms with Gasteiger partial charge in [0.25, 0.3) is 0 Å². The van der Waals surface area contributed by atoms with Crippen LogP contribution in [0.1, 0.15) is 0 Å². The van der Waals surface area contributed by atoms with Crippen molar-refractivity contribution < 1.29 is 14.2 Å². The first-order valence-corrected chi connectivity index (χ1v) is 6.16. The van der Waals surface area contributed by atoms with Crippen LogP contribution < -0.4 is 10.6 Å². The standard InChI is InChI=1S/C11H16FIN2O2/c1-15(5-7(16)6-17-2)11-3-8(12)9(13)4-10(11)14/h3-4,7,16H,5-6,14H2,1-2H3. The van der Waals surface area contributed by atoms with E-state index in [2.05, 4.69) is 0 Å². The van der Waals surface area contributed by atoms with Crippen LogP contribution in [0.3, 0.4) is 0 Å². The fourth-order valence-electron chi connectivity index (χ4n) is 1.54. The molecule has 0 saturated carbocycles. The Balaban J connectivity index is 2.81. The third-order valence-corrected chi connectivity index (χ3v) is 3.15. The molecular formula is C11H16FIN2O2. The first-order chi connectivity index (χ1) is 7.95. The summed E-state index contributed by atoms with van der Waals surface area (Å²) < 4.78 is 18.7. The highest BCUT2D eigenvalue weighted by Crippen LogP contribution is 2.26. The lowest BCUT2D eigenvalue weighted by Gasteiger charge is -2.24. The third kappa shape index (κ3) is 3.97. The number of halogens is 2. The summed E-state index contributed by atoms with van der Waals surface area (Å²) in [6, 6.07) is 2.95. The second kappa shape index (κ2) is 6.36. The summed E-state index contributed by atoms with van der Waals surface area (Å²) >= 11 is 1.89. The van der Waals surface area contributed by atoms with Crippen molar-refractivity contribution >= 4 is 34.0 Å². The molecule has 0 aliphatic carbocycles. The molecule has 96 valence electrons. The minimum atomic E-state index is -0.633. The zero-order valence-electron chi connectivity index (χ0n) is 9.78. The molecule has 1 rings (SSSR count). The molecule has 4 nitrogen and oxygen atoms in total. The largest absolute Gasteiger partial charge is 0.397 e. The van der Waals surface area contributed by atoms with Crippen LogP contribution in [0.5, 0.6) is 0 Å². The molecule has 1 aromatic rings. The van der Waals surface area contributed by atoms with E-state index in [1.165, 1.54) is 13.2 Å². The predicted molar refractivity (Wildman–Crippen MR) is 74.7 cm³/mol. The SMILES string of the molecule is COCC(O)CN(C)c1cc(F)c(I)cc1N. The Labute approximate surface area is 114 Å². The number of anilines is 2. The van der Waals surface area contributed by atoms with Crippen molar-refractivity contribution in [3.63, 3.8) is 0 Å². The molecule has 0 heterocycles. The van der Waals surface area contributed by atoms with Crippen LogP contribution in [0.4, 0.5) is 15.8 Å². The molecule has 0 saturated heterocycles. The Hall–Kier alpha value is -0.600. The lowest BCUT2D eigenvalue weighted by atomic mass is 10.2. The van der Waals surface area contributed by atoms with Gasteiger partial charge in [0.15, 0.2) is 0 Å². The van der Waals surface area contributed by atoms with Gasteiger partial charge in [0.1, 0.15) is 5.82 Å². The van der Waals surface area contributed by atoms with Gasteiger partial charge in [-0.15, -0.1) is 0 Å². The number of nitrogens with zero attached hydrogens (tertiary/aromatic N) is 1. The number of ether oxygens (including phenoxy) is 1. The average molecular weight is 354 g/mol. The van der Waals surface area contributed by atoms with Gasteiger partial charge in [0.2, 0.25) is 0 Å². The Kier molecular flexibility index (Phi) is 5.41. The van der Waals surface area contributed by atoms with E-state index in [0.29, 0.717) is 21.5 Å². The van der Waals surface area contributed by atoms with Gasteiger partial charge in [0.05, 0.1) is 27.7 Å². The maximum absolute atomic E-state index is 13.4. The molecule has 0 aromatic heterocycles. The van der Waals surface area contributed by atoms with Gasteiger partial charge in [0, 0.05) is 26.8 Å². The van der Waals surface area contributed by atoms with Crippen molar-refractivity contribution in [2.24, 2.45) is 0 Å². The van der Waals surface area contributed by atoms with Crippen molar-refractivity contribution in [3.8, 4) is 0 Å². The van der Waals surface area contributed by atoms with E-state index in [0.717, 1.165) is 0 Å². The minimum absolute atomic E-state index is 0.233. The smallest absolute Gasteiger partial charge is 0.138 e. The van der Waals surface area contributed by atoms with Gasteiger partial charge in [-0.2, -0.15) is 0 Å². The van der Waals surface area contributed by atoms with Crippen molar-refractivity contribution in [1.82, 2.24) is 0 Å². The molecule has 3 N–H and O–H groups in total. The Morgan fingerprint density at radius 3 is 2.82 bits per heavy atom. The van der Waals surface area contributed by atoms with Crippen LogP contribution in [0, 0.1) is 9.39 Å². The van der Waals surface area contributed by atoms with E-state index in [1.807, 2.05) is 22.6 Å². The molecule has 0 fully saturated rings. The number of aliphatic hydroxyl groups is 1. The van der Waals surface area contributed by atoms with E-state index >= 15 is 0 Å². The molecule has 6 heteroatoms. The van der Waals surface area contributed by atoms with E-state index in [9.17, 15) is 9.50 Å². The molecule has 0 bridgehead atoms. The minimum Gasteiger partial charge on any atom is -0.397 e. The van der Waals surface area contributed by atoms with Crippen LogP contribution >= 0.6 is 22.6 Å². The van der Waals surface area contributed by atoms with Crippen molar-refractivity contribution in [2.45, 2.75) is 6.10 Å². The third-order valence-electron chi connectivity index (χ3n) is 2.32. The fraction of sp³-hybridized carbons (Fsp3) is 0.455. The number of nitrogens with two attached hydrogens (primary N) is 1. The number of likely N-dealkylation sites (N-methyl/N-ethyl adjacent to an activating group) is 1. The van der Waals surface area contributed by atoms with E-state index in [4.69, 9.17) is 10.5 Å². The number of hydrogen-bond acceptors (Lipinski definition) is 4. The second-order valence-electron chi connectivity index (χ2n) is 3.81. The summed E-state index contributed by atoms with van der Waals surface area (Å²) in [6.07, 6.45) is -0.633. The van der Waals surface area contributed by atoms with Crippen molar-refractivity contribution in [1.29, 1.82) is 0 Å². The maximum Gasteiger partial charge on any atom is 0.138 e. The highest BCUT2D eigenvalue weighted by Gasteiger charge is 2.13. The molecule has 0 radical (unpaired) electrons. The molecule has 0 aliphatic heterocycles. The highest BCUT2D eigenvalue weighted by molar-refractivity contribution is 14.1. The Morgan fingerprint density at radius 2 is 2.24 bits per heavy atom. The molecule has 17 heavy (non-hydrogen) atoms. The zero-order chi connectivity index (χ0) is 13.0. The van der Waals surface area contributed by atoms with Crippen LogP contribution in [0.25, 0.3) is 0 Å². The quantitative estimate of drug-likeness (QED) is 0.621. The van der Waals surface area contributed by atoms with Crippen molar-refractivity contribution in [3.05, 3.63) is 21.5 Å². The zero-order valence-corrected chi connectivity index (χ0v) is 11.9. The van der Waals surface area contributed by atoms with Gasteiger partial charge >= 0.3 is 0 Å². The molecule has 1 aromatic carbocycles. The number of benzene rings is 1. The van der Waals surface area contributed by atoms with E-state index in [-0.39, 0.29) is 12.4 Å². The summed E-state index contributed by atoms with van der Waals surface area (Å²) in [5.74, 6) is -0.317. The summed E-state index contributed by atoms with van der Waals surface area (Å²) in [5.41, 5.74) is 6.87. The Bertz CT molecular complexity index is 390. The van der Waals surface area contributed by atoms with E-state index < -0.39 is 6.10 Å². The average Bonchev–Trinajstić information content (AvgIpc) is 2.23. The lowest BCUT2D eigenvalue weighted by Crippen LogP contribution is -2.32. The molecule has 1 atom stereocenters. The van der Waals surface area contributed by atoms with Crippen LogP contribution in [0.15, 0.2) is 12.1 Å². The fourth-order valence-corrected chi connectivity index (χ4v) is 2.03. The van der Waals surface area contributed by atoms with E-state index in [1.54, 1.807) is 18.0 Å². The van der Waals surface area contributed by atoms with Gasteiger partial charge in [-0.25, -0.2) is 4.39 Å². The lowest BCUT2D eigenvalue weighted by molar-refractivity contribution is 0.0695. The monoisotopic (exact) mass is 354 g/mol. The summed E-state index contributed by atoms with van der Waals surface area (Å²) in [7, 11) is 3.26. The second-order valence-corrected chi connectivity index (χ2v) is 4.98. The molecule has 0 amide bonds. The molecule has 1 unspecified atom stereocenters. The first kappa shape index (κ1) is 14.5. The Morgan fingerprint density at radius 1 is 1.59 bits per heavy atom. The summed E-state index contributed by atoms with van der Waals surface area (Å²) in [6.45, 7) is 0.565. The van der Waals surface area contributed by atoms with Crippen molar-refractivity contribution in [2.75, 3.05) is 37.9 Å². The summed E-state index contributed by atoms with van der Waals surface area (Å²) in [5, 5.41) is 9.59. The number of aliphatic hydroxyl groups excluding tert-OH is 1. The summed E-state index contributed by atoms with van der Waals surface area (Å²) in [4.78, 5) is 1.71. The maximum atomic E-state index is 13.4.